The van der Waals surface area contributed by atoms with Crippen LogP contribution in [0.4, 0.5) is 22.1 Å². The number of nitrogens with zero attached hydrogens (tertiary/aromatic N) is 3. The lowest BCUT2D eigenvalue weighted by Crippen LogP contribution is -2.22. The Bertz CT molecular complexity index is 1180. The van der Waals surface area contributed by atoms with Gasteiger partial charge in [-0.2, -0.15) is 9.61 Å². The number of hydrogen-bond donors (Lipinski definition) is 4. The predicted molar refractivity (Wildman–Crippen MR) is 109 cm³/mol. The van der Waals surface area contributed by atoms with Crippen molar-refractivity contribution in [3.63, 3.8) is 0 Å². The fourth-order valence-corrected chi connectivity index (χ4v) is 3.21. The molecule has 3 heterocycles. The van der Waals surface area contributed by atoms with Crippen molar-refractivity contribution in [1.29, 1.82) is 0 Å². The molecule has 9 nitrogen and oxygen atoms in total. The summed E-state index contributed by atoms with van der Waals surface area (Å²) in [6.07, 6.45) is 5.35. The molecule has 146 valence electrons. The van der Waals surface area contributed by atoms with E-state index in [1.165, 1.54) is 0 Å². The van der Waals surface area contributed by atoms with Gasteiger partial charge in [0, 0.05) is 17.7 Å². The van der Waals surface area contributed by atoms with Crippen LogP contribution in [0, 0.1) is 0 Å². The number of benzene rings is 1. The minimum absolute atomic E-state index is 0.146. The molecule has 3 aromatic rings. The van der Waals surface area contributed by atoms with Crippen LogP contribution in [0.5, 0.6) is 0 Å². The third kappa shape index (κ3) is 3.47. The molecule has 0 unspecified atom stereocenters. The van der Waals surface area contributed by atoms with Gasteiger partial charge in [-0.25, -0.2) is 9.78 Å². The highest BCUT2D eigenvalue weighted by Gasteiger charge is 2.25. The summed E-state index contributed by atoms with van der Waals surface area (Å²) in [5.41, 5.74) is 2.00. The van der Waals surface area contributed by atoms with Crippen molar-refractivity contribution in [3.05, 3.63) is 52.8 Å². The Morgan fingerprint density at radius 3 is 2.76 bits per heavy atom. The summed E-state index contributed by atoms with van der Waals surface area (Å²) in [6, 6.07) is 9.10. The first-order valence-corrected chi connectivity index (χ1v) is 9.45. The van der Waals surface area contributed by atoms with Gasteiger partial charge in [-0.15, -0.1) is 0 Å². The zero-order valence-corrected chi connectivity index (χ0v) is 15.8. The Morgan fingerprint density at radius 2 is 2.03 bits per heavy atom. The maximum atomic E-state index is 11.9. The molecule has 10 heteroatoms. The summed E-state index contributed by atoms with van der Waals surface area (Å²) in [4.78, 5) is 27.9. The number of carbonyl (C=O) groups is 2. The molecule has 0 bridgehead atoms. The molecular weight excluding hydrogens is 394 g/mol. The second-order valence-electron chi connectivity index (χ2n) is 6.85. The van der Waals surface area contributed by atoms with Crippen LogP contribution in [0.25, 0.3) is 11.7 Å². The van der Waals surface area contributed by atoms with Crippen LogP contribution in [-0.4, -0.2) is 32.6 Å². The van der Waals surface area contributed by atoms with E-state index in [1.54, 1.807) is 22.9 Å². The number of anilines is 3. The van der Waals surface area contributed by atoms with Gasteiger partial charge in [0.2, 0.25) is 0 Å². The Balaban J connectivity index is 1.59. The first-order chi connectivity index (χ1) is 14.1. The smallest absolute Gasteiger partial charge is 0.326 e. The van der Waals surface area contributed by atoms with Crippen molar-refractivity contribution in [2.45, 2.75) is 18.9 Å². The number of imide groups is 1. The Morgan fingerprint density at radius 1 is 1.21 bits per heavy atom. The van der Waals surface area contributed by atoms with Gasteiger partial charge in [-0.05, 0) is 31.1 Å². The lowest BCUT2D eigenvalue weighted by atomic mass is 10.2. The van der Waals surface area contributed by atoms with Crippen LogP contribution in [0.2, 0.25) is 5.02 Å². The molecule has 0 spiro atoms. The van der Waals surface area contributed by atoms with Gasteiger partial charge in [0.15, 0.2) is 5.65 Å². The van der Waals surface area contributed by atoms with Crippen LogP contribution in [0.3, 0.4) is 0 Å². The lowest BCUT2D eigenvalue weighted by Gasteiger charge is -2.12. The number of amides is 3. The van der Waals surface area contributed by atoms with Gasteiger partial charge in [-0.3, -0.25) is 10.1 Å². The van der Waals surface area contributed by atoms with Crippen molar-refractivity contribution >= 4 is 52.6 Å². The second-order valence-corrected chi connectivity index (χ2v) is 7.26. The Kier molecular flexibility index (Phi) is 4.09. The Hall–Kier alpha value is -3.59. The van der Waals surface area contributed by atoms with E-state index < -0.39 is 11.9 Å². The van der Waals surface area contributed by atoms with E-state index in [2.05, 4.69) is 31.3 Å². The molecule has 2 aromatic heterocycles. The van der Waals surface area contributed by atoms with Crippen LogP contribution in [0.1, 0.15) is 18.4 Å². The predicted octanol–water partition coefficient (Wildman–Crippen LogP) is 2.88. The summed E-state index contributed by atoms with van der Waals surface area (Å²) in [5.74, 6) is 0.862. The molecule has 1 aliphatic carbocycles. The highest BCUT2D eigenvalue weighted by atomic mass is 35.5. The first kappa shape index (κ1) is 17.5. The average molecular weight is 410 g/mol. The molecule has 0 atom stereocenters. The van der Waals surface area contributed by atoms with Gasteiger partial charge in [0.25, 0.3) is 5.91 Å². The second kappa shape index (κ2) is 6.78. The van der Waals surface area contributed by atoms with Crippen molar-refractivity contribution < 1.29 is 9.59 Å². The molecule has 2 fully saturated rings. The third-order valence-electron chi connectivity index (χ3n) is 4.58. The van der Waals surface area contributed by atoms with Gasteiger partial charge in [-0.1, -0.05) is 23.7 Å². The summed E-state index contributed by atoms with van der Waals surface area (Å²) < 4.78 is 1.68. The Labute approximate surface area is 170 Å². The molecule has 1 saturated heterocycles. The maximum Gasteiger partial charge on any atom is 0.326 e. The third-order valence-corrected chi connectivity index (χ3v) is 4.91. The van der Waals surface area contributed by atoms with E-state index in [4.69, 9.17) is 11.6 Å². The van der Waals surface area contributed by atoms with E-state index in [0.717, 1.165) is 24.3 Å². The quantitative estimate of drug-likeness (QED) is 0.381. The summed E-state index contributed by atoms with van der Waals surface area (Å²) in [7, 11) is 0. The van der Waals surface area contributed by atoms with Crippen LogP contribution < -0.4 is 21.3 Å². The number of nitrogens with one attached hydrogen (secondary N) is 4. The summed E-state index contributed by atoms with van der Waals surface area (Å²) in [5, 5.41) is 16.3. The van der Waals surface area contributed by atoms with Crippen LogP contribution >= 0.6 is 11.6 Å². The van der Waals surface area contributed by atoms with E-state index in [-0.39, 0.29) is 5.70 Å². The van der Waals surface area contributed by atoms with Gasteiger partial charge in [0.05, 0.1) is 16.9 Å². The normalized spacial score (nSPS) is 17.5. The number of halogens is 1. The lowest BCUT2D eigenvalue weighted by molar-refractivity contribution is -0.115. The molecule has 1 aromatic carbocycles. The van der Waals surface area contributed by atoms with Crippen LogP contribution in [-0.2, 0) is 4.79 Å². The number of fused-ring (bicyclic) bond motifs is 1. The number of aromatic nitrogens is 3. The molecule has 2 aliphatic rings. The summed E-state index contributed by atoms with van der Waals surface area (Å²) in [6.45, 7) is 0. The van der Waals surface area contributed by atoms with Gasteiger partial charge >= 0.3 is 6.03 Å². The van der Waals surface area contributed by atoms with E-state index in [1.807, 2.05) is 24.3 Å². The van der Waals surface area contributed by atoms with E-state index >= 15 is 0 Å². The zero-order chi connectivity index (χ0) is 20.0. The maximum absolute atomic E-state index is 11.9. The molecule has 0 radical (unpaired) electrons. The van der Waals surface area contributed by atoms with Crippen LogP contribution in [0.15, 0.2) is 42.2 Å². The number of carbonyl (C=O) groups excluding carboxylic acids is 2. The fourth-order valence-electron chi connectivity index (χ4n) is 3.02. The summed E-state index contributed by atoms with van der Waals surface area (Å²) >= 11 is 6.26. The zero-order valence-electron chi connectivity index (χ0n) is 15.1. The van der Waals surface area contributed by atoms with E-state index in [0.29, 0.717) is 28.1 Å². The fraction of sp³-hybridized carbons (Fsp3) is 0.158. The molecule has 4 N–H and O–H groups in total. The van der Waals surface area contributed by atoms with Gasteiger partial charge in [0.1, 0.15) is 17.3 Å². The molecular formula is C19H16ClN7O2. The largest absolute Gasteiger partial charge is 0.367 e. The first-order valence-electron chi connectivity index (χ1n) is 9.08. The van der Waals surface area contributed by atoms with Crippen molar-refractivity contribution in [3.8, 4) is 0 Å². The number of para-hydroxylation sites is 1. The minimum Gasteiger partial charge on any atom is -0.367 e. The molecule has 3 amide bonds. The van der Waals surface area contributed by atoms with Crippen molar-refractivity contribution in [1.82, 2.24) is 25.2 Å². The van der Waals surface area contributed by atoms with Gasteiger partial charge < -0.3 is 16.0 Å². The number of urea groups is 1. The minimum atomic E-state index is -0.553. The highest BCUT2D eigenvalue weighted by molar-refractivity contribution is 6.33. The topological polar surface area (TPSA) is 112 Å². The molecule has 29 heavy (non-hydrogen) atoms. The molecule has 5 rings (SSSR count). The average Bonchev–Trinajstić information content (AvgIpc) is 3.33. The number of hydrogen-bond acceptors (Lipinski definition) is 6. The molecule has 1 saturated carbocycles. The van der Waals surface area contributed by atoms with E-state index in [9.17, 15) is 9.59 Å². The SMILES string of the molecule is O=C1NC(=O)/C(=C/c2cnn3c(NC4CC4)cc(Nc4ccccc4Cl)nc23)N1. The van der Waals surface area contributed by atoms with Crippen molar-refractivity contribution in [2.24, 2.45) is 0 Å². The standard InChI is InChI=1S/C19H16ClN7O2/c20-12-3-1-2-4-13(12)23-15-8-16(22-11-5-6-11)27-17(25-15)10(9-21-27)7-14-18(28)26-19(29)24-14/h1-4,7-9,11,22H,5-6H2,(H,23,25)(H2,24,26,28,29)/b14-7-. The monoisotopic (exact) mass is 409 g/mol. The number of rotatable bonds is 5. The van der Waals surface area contributed by atoms with Crippen molar-refractivity contribution in [2.75, 3.05) is 10.6 Å². The highest BCUT2D eigenvalue weighted by Crippen LogP contribution is 2.30. The molecule has 1 aliphatic heterocycles.